The van der Waals surface area contributed by atoms with Crippen LogP contribution in [0.2, 0.25) is 0 Å². The molecule has 3 heterocycles. The van der Waals surface area contributed by atoms with Crippen LogP contribution in [0, 0.1) is 5.92 Å². The van der Waals surface area contributed by atoms with Gasteiger partial charge in [-0.25, -0.2) is 4.98 Å². The number of piperidine rings is 1. The Labute approximate surface area is 225 Å². The number of para-hydroxylation sites is 2. The van der Waals surface area contributed by atoms with Crippen molar-refractivity contribution < 1.29 is 14.7 Å². The second kappa shape index (κ2) is 12.0. The maximum atomic E-state index is 13.7. The largest absolute Gasteiger partial charge is 0.481 e. The number of hydrogen-bond donors (Lipinski definition) is 1. The molecule has 8 heteroatoms. The first kappa shape index (κ1) is 26.9. The summed E-state index contributed by atoms with van der Waals surface area (Å²) in [6, 6.07) is 9.22. The number of fused-ring (bicyclic) bond motifs is 1. The van der Waals surface area contributed by atoms with E-state index in [0.717, 1.165) is 18.4 Å². The average molecular weight is 523 g/mol. The van der Waals surface area contributed by atoms with Crippen molar-refractivity contribution in [2.45, 2.75) is 109 Å². The topological polar surface area (TPSA) is 95.7 Å². The molecule has 0 radical (unpaired) electrons. The molecule has 38 heavy (non-hydrogen) atoms. The van der Waals surface area contributed by atoms with Gasteiger partial charge in [-0.2, -0.15) is 0 Å². The van der Waals surface area contributed by atoms with E-state index in [2.05, 4.69) is 16.8 Å². The van der Waals surface area contributed by atoms with Gasteiger partial charge in [-0.3, -0.25) is 19.3 Å². The molecule has 1 N–H and O–H groups in total. The van der Waals surface area contributed by atoms with Crippen molar-refractivity contribution in [2.24, 2.45) is 5.92 Å². The van der Waals surface area contributed by atoms with Crippen molar-refractivity contribution in [1.29, 1.82) is 0 Å². The van der Waals surface area contributed by atoms with Gasteiger partial charge in [0, 0.05) is 37.8 Å². The Balaban J connectivity index is 1.37. The molecule has 1 amide bonds. The molecule has 0 spiro atoms. The number of hydrogen-bond acceptors (Lipinski definition) is 5. The smallest absolute Gasteiger partial charge is 0.306 e. The molecule has 8 nitrogen and oxygen atoms in total. The van der Waals surface area contributed by atoms with Gasteiger partial charge in [0.1, 0.15) is 0 Å². The zero-order valence-corrected chi connectivity index (χ0v) is 22.7. The van der Waals surface area contributed by atoms with E-state index in [0.29, 0.717) is 56.1 Å². The number of amides is 1. The summed E-state index contributed by atoms with van der Waals surface area (Å²) in [5.74, 6) is -1.64. The van der Waals surface area contributed by atoms with Crippen LogP contribution in [-0.2, 0) is 11.3 Å². The van der Waals surface area contributed by atoms with E-state index in [1.54, 1.807) is 9.47 Å². The minimum atomic E-state index is -0.821. The number of carboxylic acid groups (broad SMARTS) is 1. The first-order valence-electron chi connectivity index (χ1n) is 14.7. The maximum absolute atomic E-state index is 13.7. The molecular formula is C30H42N4O4. The number of aryl methyl sites for hydroxylation is 1. The van der Waals surface area contributed by atoms with Gasteiger partial charge in [0.05, 0.1) is 17.0 Å². The third-order valence-electron chi connectivity index (χ3n) is 9.22. The number of carbonyl (C=O) groups excluding carboxylic acids is 1. The monoisotopic (exact) mass is 522 g/mol. The molecule has 2 aromatic rings. The number of carbonyl (C=O) groups is 2. The Hall–Kier alpha value is -2.74. The van der Waals surface area contributed by atoms with E-state index in [-0.39, 0.29) is 17.2 Å². The normalized spacial score (nSPS) is 24.4. The molecule has 1 aromatic carbocycles. The van der Waals surface area contributed by atoms with Gasteiger partial charge >= 0.3 is 5.97 Å². The van der Waals surface area contributed by atoms with Crippen molar-refractivity contribution in [3.8, 4) is 0 Å². The lowest BCUT2D eigenvalue weighted by atomic mass is 9.94. The fourth-order valence-corrected chi connectivity index (χ4v) is 7.09. The molecule has 1 aromatic heterocycles. The molecule has 1 saturated carbocycles. The van der Waals surface area contributed by atoms with Crippen LogP contribution in [0.3, 0.4) is 0 Å². The highest BCUT2D eigenvalue weighted by molar-refractivity contribution is 5.94. The van der Waals surface area contributed by atoms with Crippen LogP contribution < -0.4 is 5.56 Å². The summed E-state index contributed by atoms with van der Waals surface area (Å²) in [5, 5.41) is 9.30. The highest BCUT2D eigenvalue weighted by atomic mass is 16.4. The Bertz CT molecular complexity index is 1190. The van der Waals surface area contributed by atoms with Crippen LogP contribution in [0.1, 0.15) is 94.5 Å². The van der Waals surface area contributed by atoms with Crippen molar-refractivity contribution in [3.63, 3.8) is 0 Å². The van der Waals surface area contributed by atoms with Crippen LogP contribution in [0.4, 0.5) is 0 Å². The molecule has 0 unspecified atom stereocenters. The lowest BCUT2D eigenvalue weighted by Gasteiger charge is -2.37. The Morgan fingerprint density at radius 2 is 1.63 bits per heavy atom. The molecule has 2 atom stereocenters. The lowest BCUT2D eigenvalue weighted by molar-refractivity contribution is -0.143. The first-order chi connectivity index (χ1) is 18.4. The van der Waals surface area contributed by atoms with Crippen molar-refractivity contribution >= 4 is 22.9 Å². The van der Waals surface area contributed by atoms with E-state index in [1.165, 1.54) is 51.4 Å². The molecule has 2 aliphatic heterocycles. The van der Waals surface area contributed by atoms with E-state index in [4.69, 9.17) is 0 Å². The maximum Gasteiger partial charge on any atom is 0.306 e. The Morgan fingerprint density at radius 3 is 2.34 bits per heavy atom. The third kappa shape index (κ3) is 5.65. The van der Waals surface area contributed by atoms with Crippen LogP contribution in [0.15, 0.2) is 29.1 Å². The standard InChI is InChI=1S/C30H42N4O4/c1-21-13-14-24(34(21)23-9-5-3-2-4-6-10-23)17-20-33-26-12-8-7-11-25(26)31-27(29(33)36)28(35)32-18-15-22(16-19-32)30(37)38/h7-8,11-12,21-24H,2-6,9-10,13-20H2,1H3,(H,37,38)/t21-,24-/m0/s1. The van der Waals surface area contributed by atoms with Crippen LogP contribution in [0.5, 0.6) is 0 Å². The second-order valence-electron chi connectivity index (χ2n) is 11.6. The molecule has 3 fully saturated rings. The molecule has 2 saturated heterocycles. The summed E-state index contributed by atoms with van der Waals surface area (Å²) in [5.41, 5.74) is 1.03. The number of carboxylic acids is 1. The predicted octanol–water partition coefficient (Wildman–Crippen LogP) is 4.69. The number of aliphatic carboxylic acids is 1. The van der Waals surface area contributed by atoms with E-state index in [1.807, 2.05) is 24.3 Å². The molecule has 206 valence electrons. The summed E-state index contributed by atoms with van der Waals surface area (Å²) >= 11 is 0. The van der Waals surface area contributed by atoms with Gasteiger partial charge in [-0.15, -0.1) is 0 Å². The van der Waals surface area contributed by atoms with E-state index in [9.17, 15) is 19.5 Å². The molecular weight excluding hydrogens is 480 g/mol. The average Bonchev–Trinajstić information content (AvgIpc) is 3.27. The van der Waals surface area contributed by atoms with Gasteiger partial charge in [0.25, 0.3) is 11.5 Å². The number of rotatable bonds is 6. The van der Waals surface area contributed by atoms with E-state index < -0.39 is 11.9 Å². The van der Waals surface area contributed by atoms with Crippen LogP contribution in [-0.4, -0.2) is 67.5 Å². The van der Waals surface area contributed by atoms with Crippen molar-refractivity contribution in [2.75, 3.05) is 13.1 Å². The fraction of sp³-hybridized carbons (Fsp3) is 0.667. The predicted molar refractivity (Wildman–Crippen MR) is 147 cm³/mol. The van der Waals surface area contributed by atoms with Gasteiger partial charge in [-0.05, 0) is 64.0 Å². The number of aromatic nitrogens is 2. The SMILES string of the molecule is C[C@H]1CC[C@@H](CCn2c(=O)c(C(=O)N3CCC(C(=O)O)CC3)nc3ccccc32)N1C1CCCCCCC1. The van der Waals surface area contributed by atoms with Gasteiger partial charge in [-0.1, -0.05) is 44.2 Å². The summed E-state index contributed by atoms with van der Waals surface area (Å²) in [7, 11) is 0. The van der Waals surface area contributed by atoms with Gasteiger partial charge in [0.15, 0.2) is 5.69 Å². The summed E-state index contributed by atoms with van der Waals surface area (Å²) in [6.07, 6.45) is 13.2. The van der Waals surface area contributed by atoms with Gasteiger partial charge in [0.2, 0.25) is 0 Å². The quantitative estimate of drug-likeness (QED) is 0.591. The summed E-state index contributed by atoms with van der Waals surface area (Å²) < 4.78 is 1.76. The molecule has 1 aliphatic carbocycles. The fourth-order valence-electron chi connectivity index (χ4n) is 7.09. The Kier molecular flexibility index (Phi) is 8.46. The van der Waals surface area contributed by atoms with Crippen molar-refractivity contribution in [1.82, 2.24) is 19.4 Å². The summed E-state index contributed by atoms with van der Waals surface area (Å²) in [6.45, 7) is 3.58. The lowest BCUT2D eigenvalue weighted by Crippen LogP contribution is -2.45. The molecule has 0 bridgehead atoms. The van der Waals surface area contributed by atoms with Gasteiger partial charge < -0.3 is 14.6 Å². The number of benzene rings is 1. The zero-order chi connectivity index (χ0) is 26.6. The number of likely N-dealkylation sites (tertiary alicyclic amines) is 2. The first-order valence-corrected chi connectivity index (χ1v) is 14.7. The zero-order valence-electron chi connectivity index (χ0n) is 22.7. The molecule has 5 rings (SSSR count). The van der Waals surface area contributed by atoms with E-state index >= 15 is 0 Å². The summed E-state index contributed by atoms with van der Waals surface area (Å²) in [4.78, 5) is 47.3. The van der Waals surface area contributed by atoms with Crippen LogP contribution in [0.25, 0.3) is 11.0 Å². The van der Waals surface area contributed by atoms with Crippen LogP contribution >= 0.6 is 0 Å². The third-order valence-corrected chi connectivity index (χ3v) is 9.22. The highest BCUT2D eigenvalue weighted by Gasteiger charge is 2.36. The number of nitrogens with zero attached hydrogens (tertiary/aromatic N) is 4. The van der Waals surface area contributed by atoms with Crippen molar-refractivity contribution in [3.05, 3.63) is 40.3 Å². The second-order valence-corrected chi connectivity index (χ2v) is 11.6. The Morgan fingerprint density at radius 1 is 0.947 bits per heavy atom. The minimum absolute atomic E-state index is 0.0471. The highest BCUT2D eigenvalue weighted by Crippen LogP contribution is 2.34. The molecule has 3 aliphatic rings. The minimum Gasteiger partial charge on any atom is -0.481 e.